The summed E-state index contributed by atoms with van der Waals surface area (Å²) in [4.78, 5) is 15.0. The number of anilines is 1. The molecule has 1 amide bonds. The van der Waals surface area contributed by atoms with Gasteiger partial charge in [-0.25, -0.2) is 8.42 Å². The van der Waals surface area contributed by atoms with Crippen molar-refractivity contribution in [3.63, 3.8) is 0 Å². The number of nitrogens with zero attached hydrogens (tertiary/aromatic N) is 1. The van der Waals surface area contributed by atoms with Crippen molar-refractivity contribution in [3.8, 4) is 5.75 Å². The molecule has 1 aliphatic rings. The maximum atomic E-state index is 13.3. The van der Waals surface area contributed by atoms with Crippen LogP contribution in [-0.2, 0) is 16.4 Å². The van der Waals surface area contributed by atoms with Crippen molar-refractivity contribution in [3.05, 3.63) is 88.9 Å². The van der Waals surface area contributed by atoms with Crippen molar-refractivity contribution in [2.45, 2.75) is 30.2 Å². The third-order valence-electron chi connectivity index (χ3n) is 5.76. The fraction of sp³-hybridized carbons (Fsp3) is 0.240. The Hall–Kier alpha value is -3.03. The van der Waals surface area contributed by atoms with Crippen molar-refractivity contribution in [1.82, 2.24) is 4.90 Å². The molecule has 3 aromatic rings. The van der Waals surface area contributed by atoms with E-state index in [0.29, 0.717) is 23.5 Å². The molecule has 0 radical (unpaired) electrons. The Morgan fingerprint density at radius 1 is 1.09 bits per heavy atom. The van der Waals surface area contributed by atoms with Gasteiger partial charge in [0.1, 0.15) is 10.6 Å². The molecule has 1 N–H and O–H groups in total. The molecule has 1 atom stereocenters. The highest BCUT2D eigenvalue weighted by Gasteiger charge is 2.30. The number of likely N-dealkylation sites (tertiary alicyclic amines) is 1. The van der Waals surface area contributed by atoms with Crippen LogP contribution in [0.2, 0.25) is 5.02 Å². The van der Waals surface area contributed by atoms with E-state index in [-0.39, 0.29) is 21.9 Å². The van der Waals surface area contributed by atoms with Crippen LogP contribution in [0.4, 0.5) is 5.69 Å². The van der Waals surface area contributed by atoms with E-state index in [1.54, 1.807) is 30.3 Å². The van der Waals surface area contributed by atoms with Gasteiger partial charge in [0.25, 0.3) is 15.9 Å². The first-order chi connectivity index (χ1) is 15.9. The predicted molar refractivity (Wildman–Crippen MR) is 129 cm³/mol. The van der Waals surface area contributed by atoms with E-state index < -0.39 is 10.0 Å². The molecule has 0 spiro atoms. The Morgan fingerprint density at radius 2 is 1.82 bits per heavy atom. The Balaban J connectivity index is 1.56. The van der Waals surface area contributed by atoms with Crippen LogP contribution in [0.5, 0.6) is 5.75 Å². The fourth-order valence-corrected chi connectivity index (χ4v) is 5.66. The first-order valence-corrected chi connectivity index (χ1v) is 12.5. The average molecular weight is 485 g/mol. The number of halogens is 1. The molecule has 0 saturated carbocycles. The van der Waals surface area contributed by atoms with Crippen molar-refractivity contribution < 1.29 is 17.9 Å². The summed E-state index contributed by atoms with van der Waals surface area (Å²) in [5.41, 5.74) is 1.84. The van der Waals surface area contributed by atoms with Crippen LogP contribution in [0.25, 0.3) is 0 Å². The number of amides is 1. The maximum absolute atomic E-state index is 13.3. The Bertz CT molecular complexity index is 1230. The SMILES string of the molecule is COc1ccc(NS(=O)(=O)c2cc(C(=O)N3CCCC3Cc3ccccc3)ccc2Cl)cc1. The Kier molecular flexibility index (Phi) is 6.91. The van der Waals surface area contributed by atoms with Gasteiger partial charge in [0.15, 0.2) is 0 Å². The molecule has 0 aliphatic carbocycles. The molecule has 1 heterocycles. The van der Waals surface area contributed by atoms with Crippen LogP contribution in [0.15, 0.2) is 77.7 Å². The average Bonchev–Trinajstić information content (AvgIpc) is 3.28. The molecular formula is C25H25ClN2O4S. The molecule has 4 rings (SSSR count). The number of nitrogens with one attached hydrogen (secondary N) is 1. The summed E-state index contributed by atoms with van der Waals surface area (Å²) >= 11 is 6.23. The van der Waals surface area contributed by atoms with Gasteiger partial charge in [-0.1, -0.05) is 41.9 Å². The summed E-state index contributed by atoms with van der Waals surface area (Å²) in [6.45, 7) is 0.644. The summed E-state index contributed by atoms with van der Waals surface area (Å²) in [7, 11) is -2.46. The van der Waals surface area contributed by atoms with Crippen molar-refractivity contribution >= 4 is 33.2 Å². The molecule has 0 bridgehead atoms. The molecule has 3 aromatic carbocycles. The van der Waals surface area contributed by atoms with E-state index in [0.717, 1.165) is 19.3 Å². The number of carbonyl (C=O) groups excluding carboxylic acids is 1. The zero-order chi connectivity index (χ0) is 23.4. The third-order valence-corrected chi connectivity index (χ3v) is 7.62. The number of ether oxygens (including phenoxy) is 1. The lowest BCUT2D eigenvalue weighted by Gasteiger charge is -2.25. The van der Waals surface area contributed by atoms with E-state index in [4.69, 9.17) is 16.3 Å². The first-order valence-electron chi connectivity index (χ1n) is 10.7. The summed E-state index contributed by atoms with van der Waals surface area (Å²) < 4.78 is 33.7. The van der Waals surface area contributed by atoms with Crippen LogP contribution in [-0.4, -0.2) is 38.9 Å². The van der Waals surface area contributed by atoms with E-state index in [1.165, 1.54) is 24.8 Å². The second kappa shape index (κ2) is 9.85. The van der Waals surface area contributed by atoms with Crippen molar-refractivity contribution in [1.29, 1.82) is 0 Å². The van der Waals surface area contributed by atoms with Crippen LogP contribution >= 0.6 is 11.6 Å². The molecule has 0 aromatic heterocycles. The molecular weight excluding hydrogens is 460 g/mol. The molecule has 6 nitrogen and oxygen atoms in total. The second-order valence-corrected chi connectivity index (χ2v) is 10.0. The van der Waals surface area contributed by atoms with Gasteiger partial charge in [0, 0.05) is 23.8 Å². The summed E-state index contributed by atoms with van der Waals surface area (Å²) in [6.07, 6.45) is 2.60. The molecule has 1 fully saturated rings. The molecule has 172 valence electrons. The normalized spacial score (nSPS) is 15.9. The van der Waals surface area contributed by atoms with Gasteiger partial charge in [-0.15, -0.1) is 0 Å². The second-order valence-electron chi connectivity index (χ2n) is 7.96. The van der Waals surface area contributed by atoms with Gasteiger partial charge < -0.3 is 9.64 Å². The first kappa shape index (κ1) is 23.1. The number of rotatable bonds is 7. The molecule has 33 heavy (non-hydrogen) atoms. The lowest BCUT2D eigenvalue weighted by Crippen LogP contribution is -2.36. The standard InChI is InChI=1S/C25H25ClN2O4S/c1-32-22-12-10-20(11-13-22)27-33(30,31)24-17-19(9-14-23(24)26)25(29)28-15-5-8-21(28)16-18-6-3-2-4-7-18/h2-4,6-7,9-14,17,21,27H,5,8,15-16H2,1H3. The maximum Gasteiger partial charge on any atom is 0.263 e. The van der Waals surface area contributed by atoms with Gasteiger partial charge in [0.2, 0.25) is 0 Å². The monoisotopic (exact) mass is 484 g/mol. The largest absolute Gasteiger partial charge is 0.497 e. The lowest BCUT2D eigenvalue weighted by atomic mass is 10.0. The summed E-state index contributed by atoms with van der Waals surface area (Å²) in [5, 5.41) is 0.0508. The van der Waals surface area contributed by atoms with E-state index in [2.05, 4.69) is 16.9 Å². The minimum Gasteiger partial charge on any atom is -0.497 e. The molecule has 8 heteroatoms. The smallest absolute Gasteiger partial charge is 0.263 e. The third kappa shape index (κ3) is 5.31. The number of hydrogen-bond donors (Lipinski definition) is 1. The highest BCUT2D eigenvalue weighted by atomic mass is 35.5. The highest BCUT2D eigenvalue weighted by Crippen LogP contribution is 2.28. The van der Waals surface area contributed by atoms with Gasteiger partial charge in [-0.3, -0.25) is 9.52 Å². The minimum atomic E-state index is -4.00. The summed E-state index contributed by atoms with van der Waals surface area (Å²) in [5.74, 6) is 0.422. The topological polar surface area (TPSA) is 75.7 Å². The number of carbonyl (C=O) groups is 1. The summed E-state index contributed by atoms with van der Waals surface area (Å²) in [6, 6.07) is 21.0. The van der Waals surface area contributed by atoms with Gasteiger partial charge in [0.05, 0.1) is 12.1 Å². The number of methoxy groups -OCH3 is 1. The lowest BCUT2D eigenvalue weighted by molar-refractivity contribution is 0.0736. The van der Waals surface area contributed by atoms with E-state index in [9.17, 15) is 13.2 Å². The van der Waals surface area contributed by atoms with Gasteiger partial charge in [-0.2, -0.15) is 0 Å². The van der Waals surface area contributed by atoms with Crippen LogP contribution in [0, 0.1) is 0 Å². The highest BCUT2D eigenvalue weighted by molar-refractivity contribution is 7.92. The fourth-order valence-electron chi connectivity index (χ4n) is 4.08. The zero-order valence-corrected chi connectivity index (χ0v) is 19.8. The van der Waals surface area contributed by atoms with Crippen LogP contribution in [0.3, 0.4) is 0 Å². The molecule has 1 saturated heterocycles. The minimum absolute atomic E-state index is 0.0508. The van der Waals surface area contributed by atoms with Crippen LogP contribution in [0.1, 0.15) is 28.8 Å². The van der Waals surface area contributed by atoms with Gasteiger partial charge >= 0.3 is 0 Å². The number of hydrogen-bond acceptors (Lipinski definition) is 4. The zero-order valence-electron chi connectivity index (χ0n) is 18.2. The molecule has 1 aliphatic heterocycles. The van der Waals surface area contributed by atoms with Crippen LogP contribution < -0.4 is 9.46 Å². The van der Waals surface area contributed by atoms with Crippen molar-refractivity contribution in [2.24, 2.45) is 0 Å². The Morgan fingerprint density at radius 3 is 2.52 bits per heavy atom. The molecule has 1 unspecified atom stereocenters. The predicted octanol–water partition coefficient (Wildman–Crippen LogP) is 5.00. The van der Waals surface area contributed by atoms with Gasteiger partial charge in [-0.05, 0) is 67.3 Å². The van der Waals surface area contributed by atoms with E-state index in [1.807, 2.05) is 23.1 Å². The van der Waals surface area contributed by atoms with E-state index >= 15 is 0 Å². The quantitative estimate of drug-likeness (QED) is 0.512. The Labute approximate surface area is 199 Å². The number of benzene rings is 3. The van der Waals surface area contributed by atoms with Crippen molar-refractivity contribution in [2.75, 3.05) is 18.4 Å². The number of sulfonamides is 1.